The molecule has 6 nitrogen and oxygen atoms in total. The molecule has 0 bridgehead atoms. The number of rotatable bonds is 1. The van der Waals surface area contributed by atoms with Crippen molar-refractivity contribution in [1.29, 1.82) is 0 Å². The predicted octanol–water partition coefficient (Wildman–Crippen LogP) is 6.47. The number of fused-ring (bicyclic) bond motifs is 3. The molecule has 2 heterocycles. The average molecular weight is 499 g/mol. The largest absolute Gasteiger partial charge is 0.507 e. The van der Waals surface area contributed by atoms with E-state index in [9.17, 15) is 19.5 Å². The molecule has 1 N–H and O–H groups in total. The van der Waals surface area contributed by atoms with Crippen LogP contribution in [-0.2, 0) is 14.3 Å². The van der Waals surface area contributed by atoms with Crippen LogP contribution < -0.4 is 4.74 Å². The van der Waals surface area contributed by atoms with Gasteiger partial charge in [0.1, 0.15) is 22.8 Å². The van der Waals surface area contributed by atoms with Crippen molar-refractivity contribution in [3.8, 4) is 11.5 Å². The first kappa shape index (κ1) is 24.8. The van der Waals surface area contributed by atoms with Gasteiger partial charge in [0, 0.05) is 24.3 Å². The van der Waals surface area contributed by atoms with Gasteiger partial charge in [0.25, 0.3) is 0 Å². The van der Waals surface area contributed by atoms with E-state index in [1.807, 2.05) is 48.5 Å². The van der Waals surface area contributed by atoms with E-state index in [0.29, 0.717) is 49.7 Å². The molecule has 0 unspecified atom stereocenters. The summed E-state index contributed by atoms with van der Waals surface area (Å²) in [5, 5.41) is 13.6. The summed E-state index contributed by atoms with van der Waals surface area (Å²) in [6.45, 7) is 1.79. The highest BCUT2D eigenvalue weighted by atomic mass is 16.5. The summed E-state index contributed by atoms with van der Waals surface area (Å²) in [4.78, 5) is 38.2. The highest BCUT2D eigenvalue weighted by Gasteiger charge is 2.36. The lowest BCUT2D eigenvalue weighted by Crippen LogP contribution is -2.23. The zero-order valence-electron chi connectivity index (χ0n) is 20.9. The van der Waals surface area contributed by atoms with Gasteiger partial charge in [0.05, 0.1) is 12.5 Å². The Morgan fingerprint density at radius 1 is 0.973 bits per heavy atom. The van der Waals surface area contributed by atoms with Gasteiger partial charge in [-0.25, -0.2) is 4.79 Å². The van der Waals surface area contributed by atoms with Crippen LogP contribution in [0.1, 0.15) is 84.8 Å². The van der Waals surface area contributed by atoms with Crippen LogP contribution in [0.15, 0.2) is 54.6 Å². The molecule has 2 atom stereocenters. The third-order valence-electron chi connectivity index (χ3n) is 7.18. The van der Waals surface area contributed by atoms with E-state index in [1.165, 1.54) is 0 Å². The molecule has 3 aromatic rings. The minimum Gasteiger partial charge on any atom is -0.507 e. The van der Waals surface area contributed by atoms with E-state index in [2.05, 4.69) is 0 Å². The fraction of sp³-hybridized carbons (Fsp3) is 0.323. The Bertz CT molecular complexity index is 1400. The monoisotopic (exact) mass is 498 g/mol. The maximum atomic E-state index is 13.4. The zero-order chi connectivity index (χ0) is 25.9. The Morgan fingerprint density at radius 3 is 2.62 bits per heavy atom. The van der Waals surface area contributed by atoms with Gasteiger partial charge in [-0.15, -0.1) is 0 Å². The highest BCUT2D eigenvalue weighted by Crippen LogP contribution is 2.48. The fourth-order valence-electron chi connectivity index (χ4n) is 5.34. The topological polar surface area (TPSA) is 89.9 Å². The number of hydrogen-bond acceptors (Lipinski definition) is 6. The first-order valence-corrected chi connectivity index (χ1v) is 12.9. The second-order valence-corrected chi connectivity index (χ2v) is 9.84. The lowest BCUT2D eigenvalue weighted by Gasteiger charge is -2.28. The Morgan fingerprint density at radius 2 is 1.76 bits per heavy atom. The Hall–Kier alpha value is -3.93. The van der Waals surface area contributed by atoms with Crippen LogP contribution in [0.5, 0.6) is 11.5 Å². The van der Waals surface area contributed by atoms with E-state index < -0.39 is 24.0 Å². The molecule has 0 aromatic heterocycles. The van der Waals surface area contributed by atoms with Crippen molar-refractivity contribution in [1.82, 2.24) is 0 Å². The van der Waals surface area contributed by atoms with Gasteiger partial charge in [-0.1, -0.05) is 54.6 Å². The molecule has 0 saturated carbocycles. The maximum Gasteiger partial charge on any atom is 0.342 e. The normalized spacial score (nSPS) is 20.9. The number of aromatic hydroxyl groups is 1. The van der Waals surface area contributed by atoms with Gasteiger partial charge >= 0.3 is 11.9 Å². The van der Waals surface area contributed by atoms with Crippen molar-refractivity contribution < 1.29 is 29.0 Å². The first-order chi connectivity index (χ1) is 17.9. The number of carbonyl (C=O) groups is 3. The summed E-state index contributed by atoms with van der Waals surface area (Å²) in [5.74, 6) is -1.29. The lowest BCUT2D eigenvalue weighted by molar-refractivity contribution is -0.135. The lowest BCUT2D eigenvalue weighted by atomic mass is 9.81. The average Bonchev–Trinajstić information content (AvgIpc) is 2.87. The summed E-state index contributed by atoms with van der Waals surface area (Å²) in [6, 6.07) is 15.4. The van der Waals surface area contributed by atoms with E-state index in [0.717, 1.165) is 16.3 Å². The first-order valence-electron chi connectivity index (χ1n) is 12.9. The molecule has 0 saturated heterocycles. The van der Waals surface area contributed by atoms with Crippen LogP contribution in [0.3, 0.4) is 0 Å². The fourth-order valence-corrected chi connectivity index (χ4v) is 5.34. The minimum atomic E-state index is -0.635. The third kappa shape index (κ3) is 5.15. The van der Waals surface area contributed by atoms with Crippen molar-refractivity contribution >= 4 is 34.6 Å². The summed E-state index contributed by atoms with van der Waals surface area (Å²) in [7, 11) is 0. The molecule has 6 heteroatoms. The molecule has 5 rings (SSSR count). The van der Waals surface area contributed by atoms with Crippen LogP contribution in [0.2, 0.25) is 0 Å². The van der Waals surface area contributed by atoms with Gasteiger partial charge in [0.15, 0.2) is 0 Å². The van der Waals surface area contributed by atoms with E-state index in [1.54, 1.807) is 19.1 Å². The number of cyclic esters (lactones) is 1. The van der Waals surface area contributed by atoms with Gasteiger partial charge in [-0.3, -0.25) is 9.59 Å². The number of ether oxygens (including phenoxy) is 2. The molecule has 0 amide bonds. The quantitative estimate of drug-likeness (QED) is 0.306. The smallest absolute Gasteiger partial charge is 0.342 e. The van der Waals surface area contributed by atoms with Crippen LogP contribution in [-0.4, -0.2) is 28.9 Å². The second-order valence-electron chi connectivity index (χ2n) is 9.84. The summed E-state index contributed by atoms with van der Waals surface area (Å²) in [6.07, 6.45) is 6.76. The number of phenols is 1. The van der Waals surface area contributed by atoms with Gasteiger partial charge < -0.3 is 14.6 Å². The standard InChI is InChI=1S/C31H30O6/c1-19-9-7-14-22(32)13-4-2-3-11-21-17-26-29(30(34)28(21)31(35)36-19)25(18-27(33)37-26)24-16-8-12-20-10-5-6-15-23(20)24/h3,5-6,8,10-12,15-17,19,25,34H,2,4,7,9,13-14,18H2,1H3/t19-,25-/m0/s1. The number of phenolic OH excluding ortho intramolecular Hbond substituents is 1. The second kappa shape index (κ2) is 10.6. The molecule has 3 aromatic carbocycles. The molecule has 0 fully saturated rings. The number of esters is 2. The Labute approximate surface area is 215 Å². The number of hydrogen-bond donors (Lipinski definition) is 1. The van der Waals surface area contributed by atoms with Crippen LogP contribution in [0.25, 0.3) is 16.8 Å². The van der Waals surface area contributed by atoms with Crippen LogP contribution in [0.4, 0.5) is 0 Å². The molecule has 0 radical (unpaired) electrons. The molecule has 190 valence electrons. The van der Waals surface area contributed by atoms with Crippen LogP contribution >= 0.6 is 0 Å². The van der Waals surface area contributed by atoms with Gasteiger partial charge in [0.2, 0.25) is 0 Å². The van der Waals surface area contributed by atoms with Gasteiger partial charge in [-0.2, -0.15) is 0 Å². The van der Waals surface area contributed by atoms with Crippen molar-refractivity contribution in [2.24, 2.45) is 0 Å². The number of carbonyl (C=O) groups excluding carboxylic acids is 3. The molecule has 0 spiro atoms. The molecule has 2 aliphatic heterocycles. The Kier molecular flexibility index (Phi) is 7.08. The molecule has 37 heavy (non-hydrogen) atoms. The minimum absolute atomic E-state index is 0.0443. The number of benzene rings is 3. The summed E-state index contributed by atoms with van der Waals surface area (Å²) < 4.78 is 11.3. The predicted molar refractivity (Wildman–Crippen MR) is 141 cm³/mol. The molecular weight excluding hydrogens is 468 g/mol. The number of allylic oxidation sites excluding steroid dienone is 1. The summed E-state index contributed by atoms with van der Waals surface area (Å²) >= 11 is 0. The van der Waals surface area contributed by atoms with Crippen LogP contribution in [0, 0.1) is 0 Å². The SMILES string of the molecule is C[C@H]1CCCC(=O)CCCC=Cc2cc3c(c(O)c2C(=O)O1)[C@H](c1cccc2ccccc12)CC(=O)O3. The molecule has 2 aliphatic rings. The van der Waals surface area contributed by atoms with E-state index in [-0.39, 0.29) is 29.3 Å². The number of ketones is 1. The third-order valence-corrected chi connectivity index (χ3v) is 7.18. The Balaban J connectivity index is 1.64. The molecular formula is C31H30O6. The molecule has 0 aliphatic carbocycles. The van der Waals surface area contributed by atoms with Crippen molar-refractivity contribution in [3.63, 3.8) is 0 Å². The highest BCUT2D eigenvalue weighted by molar-refractivity contribution is 5.99. The zero-order valence-corrected chi connectivity index (χ0v) is 20.9. The van der Waals surface area contributed by atoms with Crippen molar-refractivity contribution in [3.05, 3.63) is 76.9 Å². The van der Waals surface area contributed by atoms with Crippen molar-refractivity contribution in [2.45, 2.75) is 63.9 Å². The van der Waals surface area contributed by atoms with E-state index in [4.69, 9.17) is 9.47 Å². The van der Waals surface area contributed by atoms with Crippen molar-refractivity contribution in [2.75, 3.05) is 0 Å². The maximum absolute atomic E-state index is 13.4. The van der Waals surface area contributed by atoms with Gasteiger partial charge in [-0.05, 0) is 60.6 Å². The van der Waals surface area contributed by atoms with E-state index >= 15 is 0 Å². The number of Topliss-reactive ketones (excluding diaryl/α,β-unsaturated/α-hetero) is 1. The summed E-state index contributed by atoms with van der Waals surface area (Å²) in [5.41, 5.74) is 1.79.